The highest BCUT2D eigenvalue weighted by Crippen LogP contribution is 2.18. The fraction of sp³-hybridized carbons (Fsp3) is 0.0909. The number of pyridine rings is 1. The Labute approximate surface area is 92.8 Å². The highest BCUT2D eigenvalue weighted by molar-refractivity contribution is 5.59. The largest absolute Gasteiger partial charge is 0.261 e. The van der Waals surface area contributed by atoms with Crippen molar-refractivity contribution in [2.75, 3.05) is 5.32 Å². The normalized spacial score (nSPS) is 9.50. The first-order valence-electron chi connectivity index (χ1n) is 4.71. The number of anilines is 1. The van der Waals surface area contributed by atoms with Gasteiger partial charge in [0.2, 0.25) is 5.95 Å². The third-order valence-corrected chi connectivity index (χ3v) is 2.08. The van der Waals surface area contributed by atoms with Crippen LogP contribution in [-0.4, -0.2) is 15.0 Å². The summed E-state index contributed by atoms with van der Waals surface area (Å²) < 4.78 is 0. The average Bonchev–Trinajstić information content (AvgIpc) is 2.30. The van der Waals surface area contributed by atoms with Gasteiger partial charge in [0.05, 0.1) is 11.4 Å². The van der Waals surface area contributed by atoms with Crippen LogP contribution in [0.25, 0.3) is 11.4 Å². The molecule has 0 spiro atoms. The van der Waals surface area contributed by atoms with Crippen LogP contribution in [0.3, 0.4) is 0 Å². The van der Waals surface area contributed by atoms with Gasteiger partial charge in [-0.05, 0) is 24.6 Å². The number of nitrogens with zero attached hydrogens (tertiary/aromatic N) is 4. The molecule has 0 bridgehead atoms. The van der Waals surface area contributed by atoms with Gasteiger partial charge < -0.3 is 0 Å². The molecule has 0 aromatic carbocycles. The summed E-state index contributed by atoms with van der Waals surface area (Å²) in [6.07, 6.45) is 5.09. The highest BCUT2D eigenvalue weighted by Gasteiger charge is 2.05. The van der Waals surface area contributed by atoms with Crippen LogP contribution < -0.4 is 5.32 Å². The molecule has 16 heavy (non-hydrogen) atoms. The van der Waals surface area contributed by atoms with Crippen molar-refractivity contribution in [3.05, 3.63) is 36.2 Å². The van der Waals surface area contributed by atoms with Crippen LogP contribution in [0, 0.1) is 18.4 Å². The van der Waals surface area contributed by atoms with Crippen LogP contribution in [-0.2, 0) is 0 Å². The van der Waals surface area contributed by atoms with E-state index >= 15 is 0 Å². The lowest BCUT2D eigenvalue weighted by Gasteiger charge is -2.03. The maximum atomic E-state index is 8.48. The van der Waals surface area contributed by atoms with Crippen LogP contribution in [0.15, 0.2) is 30.6 Å². The molecule has 2 aromatic heterocycles. The van der Waals surface area contributed by atoms with E-state index in [4.69, 9.17) is 5.26 Å². The van der Waals surface area contributed by atoms with E-state index in [2.05, 4.69) is 20.3 Å². The minimum absolute atomic E-state index is 0.282. The third kappa shape index (κ3) is 1.96. The second-order valence-electron chi connectivity index (χ2n) is 3.17. The Hall–Kier alpha value is -2.48. The predicted molar refractivity (Wildman–Crippen MR) is 59.2 cm³/mol. The molecule has 2 rings (SSSR count). The van der Waals surface area contributed by atoms with E-state index in [1.165, 1.54) is 0 Å². The van der Waals surface area contributed by atoms with Gasteiger partial charge in [0.1, 0.15) is 0 Å². The molecule has 78 valence electrons. The van der Waals surface area contributed by atoms with E-state index in [0.29, 0.717) is 5.69 Å². The summed E-state index contributed by atoms with van der Waals surface area (Å²) in [6, 6.07) is 5.59. The Kier molecular flexibility index (Phi) is 2.74. The number of nitrogens with one attached hydrogen (secondary N) is 1. The molecular formula is C11H9N5. The SMILES string of the molecule is Cc1cccnc1-c1ccnc(NC#N)n1. The average molecular weight is 211 g/mol. The van der Waals surface area contributed by atoms with Crippen LogP contribution >= 0.6 is 0 Å². The van der Waals surface area contributed by atoms with Crippen LogP contribution in [0.1, 0.15) is 5.56 Å². The molecule has 0 saturated carbocycles. The zero-order valence-corrected chi connectivity index (χ0v) is 8.68. The summed E-state index contributed by atoms with van der Waals surface area (Å²) in [5.74, 6) is 0.282. The molecule has 0 saturated heterocycles. The molecule has 0 aliphatic carbocycles. The van der Waals surface area contributed by atoms with Crippen molar-refractivity contribution in [3.63, 3.8) is 0 Å². The van der Waals surface area contributed by atoms with Gasteiger partial charge >= 0.3 is 0 Å². The number of rotatable bonds is 2. The summed E-state index contributed by atoms with van der Waals surface area (Å²) in [5.41, 5.74) is 2.53. The molecule has 0 amide bonds. The fourth-order valence-electron chi connectivity index (χ4n) is 1.35. The van der Waals surface area contributed by atoms with E-state index in [1.807, 2.05) is 19.1 Å². The number of hydrogen-bond donors (Lipinski definition) is 1. The van der Waals surface area contributed by atoms with Gasteiger partial charge in [-0.15, -0.1) is 0 Å². The van der Waals surface area contributed by atoms with Gasteiger partial charge in [-0.3, -0.25) is 10.3 Å². The van der Waals surface area contributed by atoms with Crippen molar-refractivity contribution in [1.82, 2.24) is 15.0 Å². The monoisotopic (exact) mass is 211 g/mol. The first-order valence-corrected chi connectivity index (χ1v) is 4.71. The molecule has 5 heteroatoms. The van der Waals surface area contributed by atoms with Gasteiger partial charge in [-0.1, -0.05) is 6.07 Å². The van der Waals surface area contributed by atoms with Crippen molar-refractivity contribution in [1.29, 1.82) is 5.26 Å². The molecule has 0 fully saturated rings. The molecule has 0 aliphatic rings. The molecular weight excluding hydrogens is 202 g/mol. The van der Waals surface area contributed by atoms with E-state index in [-0.39, 0.29) is 5.95 Å². The number of hydrogen-bond acceptors (Lipinski definition) is 5. The first kappa shape index (κ1) is 10.1. The van der Waals surface area contributed by atoms with Gasteiger partial charge in [0.15, 0.2) is 6.19 Å². The fourth-order valence-corrected chi connectivity index (χ4v) is 1.35. The summed E-state index contributed by atoms with van der Waals surface area (Å²) in [7, 11) is 0. The van der Waals surface area contributed by atoms with Crippen LogP contribution in [0.5, 0.6) is 0 Å². The molecule has 5 nitrogen and oxygen atoms in total. The zero-order valence-electron chi connectivity index (χ0n) is 8.68. The highest BCUT2D eigenvalue weighted by atomic mass is 15.1. The van der Waals surface area contributed by atoms with Crippen LogP contribution in [0.2, 0.25) is 0 Å². The zero-order chi connectivity index (χ0) is 11.4. The summed E-state index contributed by atoms with van der Waals surface area (Å²) in [6.45, 7) is 1.96. The molecule has 2 heterocycles. The van der Waals surface area contributed by atoms with Gasteiger partial charge in [-0.2, -0.15) is 5.26 Å². The second kappa shape index (κ2) is 4.36. The Bertz CT molecular complexity index is 544. The maximum Gasteiger partial charge on any atom is 0.236 e. The first-order chi connectivity index (χ1) is 7.81. The van der Waals surface area contributed by atoms with E-state index < -0.39 is 0 Å². The standard InChI is InChI=1S/C11H9N5/c1-8-3-2-5-13-10(8)9-4-6-14-11(16-9)15-7-12/h2-6H,1H3,(H,14,15,16). The smallest absolute Gasteiger partial charge is 0.236 e. The Morgan fingerprint density at radius 2 is 2.12 bits per heavy atom. The number of aryl methyl sites for hydroxylation is 1. The molecule has 0 aliphatic heterocycles. The molecule has 2 aromatic rings. The lowest BCUT2D eigenvalue weighted by Crippen LogP contribution is -1.98. The van der Waals surface area contributed by atoms with E-state index in [0.717, 1.165) is 11.3 Å². The Balaban J connectivity index is 2.45. The predicted octanol–water partition coefficient (Wildman–Crippen LogP) is 1.74. The quantitative estimate of drug-likeness (QED) is 0.605. The third-order valence-electron chi connectivity index (χ3n) is 2.08. The summed E-state index contributed by atoms with van der Waals surface area (Å²) in [5, 5.41) is 10.9. The van der Waals surface area contributed by atoms with Crippen LogP contribution in [0.4, 0.5) is 5.95 Å². The van der Waals surface area contributed by atoms with Gasteiger partial charge in [0.25, 0.3) is 0 Å². The van der Waals surface area contributed by atoms with Crippen molar-refractivity contribution < 1.29 is 0 Å². The second-order valence-corrected chi connectivity index (χ2v) is 3.17. The van der Waals surface area contributed by atoms with Crippen molar-refractivity contribution in [2.24, 2.45) is 0 Å². The summed E-state index contributed by atoms with van der Waals surface area (Å²) >= 11 is 0. The molecule has 0 radical (unpaired) electrons. The minimum Gasteiger partial charge on any atom is -0.261 e. The lowest BCUT2D eigenvalue weighted by atomic mass is 10.1. The molecule has 0 atom stereocenters. The summed E-state index contributed by atoms with van der Waals surface area (Å²) in [4.78, 5) is 12.3. The molecule has 0 unspecified atom stereocenters. The van der Waals surface area contributed by atoms with Crippen molar-refractivity contribution in [3.8, 4) is 17.6 Å². The lowest BCUT2D eigenvalue weighted by molar-refractivity contribution is 1.14. The Morgan fingerprint density at radius 1 is 1.25 bits per heavy atom. The maximum absolute atomic E-state index is 8.48. The van der Waals surface area contributed by atoms with Crippen molar-refractivity contribution in [2.45, 2.75) is 6.92 Å². The van der Waals surface area contributed by atoms with Gasteiger partial charge in [-0.25, -0.2) is 9.97 Å². The van der Waals surface area contributed by atoms with E-state index in [1.54, 1.807) is 24.7 Å². The minimum atomic E-state index is 0.282. The van der Waals surface area contributed by atoms with Crippen molar-refractivity contribution >= 4 is 5.95 Å². The Morgan fingerprint density at radius 3 is 2.88 bits per heavy atom. The number of nitriles is 1. The topological polar surface area (TPSA) is 74.5 Å². The van der Waals surface area contributed by atoms with Gasteiger partial charge in [0, 0.05) is 12.4 Å². The molecule has 1 N–H and O–H groups in total. The number of aromatic nitrogens is 3. The van der Waals surface area contributed by atoms with E-state index in [9.17, 15) is 0 Å².